The van der Waals surface area contributed by atoms with Gasteiger partial charge >= 0.3 is 7.82 Å². The van der Waals surface area contributed by atoms with Crippen LogP contribution in [0.2, 0.25) is 5.02 Å². The minimum atomic E-state index is -4.64. The molecule has 17 heteroatoms. The summed E-state index contributed by atoms with van der Waals surface area (Å²) in [6.07, 6.45) is -2.66. The number of H-pyrrole nitrogens is 1. The van der Waals surface area contributed by atoms with Crippen LogP contribution in [0.1, 0.15) is 5.56 Å². The third-order valence-corrected chi connectivity index (χ3v) is 5.39. The van der Waals surface area contributed by atoms with E-state index in [1.54, 1.807) is 18.5 Å². The Labute approximate surface area is 197 Å². The number of phosphoric acid groups is 1. The molecular weight excluding hydrogens is 497 g/mol. The Bertz CT molecular complexity index is 1150. The Kier molecular flexibility index (Phi) is 8.25. The van der Waals surface area contributed by atoms with Crippen LogP contribution in [0, 0.1) is 0 Å². The maximum Gasteiger partial charge on any atom is 0.469 e. The number of aromatic amines is 1. The van der Waals surface area contributed by atoms with E-state index in [2.05, 4.69) is 34.5 Å². The van der Waals surface area contributed by atoms with Crippen LogP contribution in [0.3, 0.4) is 0 Å². The summed E-state index contributed by atoms with van der Waals surface area (Å²) in [7, 11) is -4.64. The van der Waals surface area contributed by atoms with Crippen LogP contribution >= 0.6 is 19.4 Å². The molecule has 4 rings (SSSR count). The minimum Gasteiger partial charge on any atom is -0.398 e. The van der Waals surface area contributed by atoms with Gasteiger partial charge in [-0.25, -0.2) is 19.5 Å². The molecule has 0 saturated carbocycles. The third-order valence-electron chi connectivity index (χ3n) is 4.68. The minimum absolute atomic E-state index is 0.431. The molecule has 3 aromatic rings. The summed E-state index contributed by atoms with van der Waals surface area (Å²) in [6.45, 7) is -0.181. The first-order valence-corrected chi connectivity index (χ1v) is 11.5. The molecule has 15 nitrogen and oxygen atoms in total. The summed E-state index contributed by atoms with van der Waals surface area (Å²) in [5, 5.41) is 30.7. The summed E-state index contributed by atoms with van der Waals surface area (Å²) in [5.41, 5.74) is 15.0. The van der Waals surface area contributed by atoms with Gasteiger partial charge < -0.3 is 51.6 Å². The molecule has 0 amide bonds. The molecule has 2 aromatic heterocycles. The standard InChI is InChI=1S/C12H12ClN7.C5H11O8P/c13-6-1-8(14)7(9(15)2-6)3-16-11-10-12(18-4-17-10)20-5-19-11;6-3-2(1-12-14(9,10)11)13-5(8)4(3)7/h1-2,4-5H,3,14-15H2,(H2,16,17,18,19,20);2-8H,1H2,(H2,9,10,11)/t;2-,3-,4-,5?/m.1/s1. The molecule has 186 valence electrons. The van der Waals surface area contributed by atoms with Gasteiger partial charge in [0, 0.05) is 28.5 Å². The van der Waals surface area contributed by atoms with Crippen molar-refractivity contribution in [1.29, 1.82) is 0 Å². The number of nitrogens with one attached hydrogen (secondary N) is 2. The molecule has 0 aliphatic carbocycles. The van der Waals surface area contributed by atoms with E-state index in [-0.39, 0.29) is 0 Å². The fourth-order valence-electron chi connectivity index (χ4n) is 2.99. The van der Waals surface area contributed by atoms with Gasteiger partial charge in [0.1, 0.15) is 30.2 Å². The molecule has 0 spiro atoms. The van der Waals surface area contributed by atoms with E-state index in [0.29, 0.717) is 34.4 Å². The number of nitrogens with two attached hydrogens (primary N) is 2. The van der Waals surface area contributed by atoms with Crippen LogP contribution in [-0.4, -0.2) is 76.3 Å². The number of rotatable bonds is 6. The first-order valence-electron chi connectivity index (χ1n) is 9.57. The smallest absolute Gasteiger partial charge is 0.398 e. The van der Waals surface area contributed by atoms with Crippen LogP contribution in [0.5, 0.6) is 0 Å². The average Bonchev–Trinajstić information content (AvgIpc) is 3.32. The lowest BCUT2D eigenvalue weighted by Crippen LogP contribution is -2.34. The van der Waals surface area contributed by atoms with E-state index in [0.717, 1.165) is 11.1 Å². The Balaban J connectivity index is 0.000000204. The number of aliphatic hydroxyl groups excluding tert-OH is 3. The maximum atomic E-state index is 10.3. The number of benzene rings is 1. The number of hydrogen-bond donors (Lipinski definition) is 9. The van der Waals surface area contributed by atoms with Gasteiger partial charge in [-0.05, 0) is 12.1 Å². The van der Waals surface area contributed by atoms with Crippen LogP contribution < -0.4 is 16.8 Å². The van der Waals surface area contributed by atoms with E-state index >= 15 is 0 Å². The number of nitrogens with zero attached hydrogens (tertiary/aromatic N) is 3. The molecule has 0 bridgehead atoms. The molecule has 0 radical (unpaired) electrons. The van der Waals surface area contributed by atoms with Crippen LogP contribution in [0.4, 0.5) is 17.2 Å². The Hall–Kier alpha value is -2.59. The van der Waals surface area contributed by atoms with Crippen molar-refractivity contribution in [3.8, 4) is 0 Å². The molecule has 1 saturated heterocycles. The summed E-state index contributed by atoms with van der Waals surface area (Å²) in [5.74, 6) is 0.640. The highest BCUT2D eigenvalue weighted by Crippen LogP contribution is 2.37. The van der Waals surface area contributed by atoms with Gasteiger partial charge in [-0.2, -0.15) is 0 Å². The second-order valence-corrected chi connectivity index (χ2v) is 8.75. The van der Waals surface area contributed by atoms with E-state index in [4.69, 9.17) is 48.2 Å². The predicted molar refractivity (Wildman–Crippen MR) is 120 cm³/mol. The number of aromatic nitrogens is 4. The number of halogens is 1. The molecular formula is C17H23ClN7O8P. The van der Waals surface area contributed by atoms with Crippen molar-refractivity contribution in [1.82, 2.24) is 19.9 Å². The molecule has 3 heterocycles. The number of phosphoric ester groups is 1. The molecule has 1 unspecified atom stereocenters. The monoisotopic (exact) mass is 519 g/mol. The maximum absolute atomic E-state index is 10.3. The highest BCUT2D eigenvalue weighted by atomic mass is 35.5. The van der Waals surface area contributed by atoms with Gasteiger partial charge in [0.25, 0.3) is 0 Å². The number of aliphatic hydroxyl groups is 3. The second kappa shape index (κ2) is 10.8. The summed E-state index contributed by atoms with van der Waals surface area (Å²) in [4.78, 5) is 31.9. The molecule has 34 heavy (non-hydrogen) atoms. The number of nitrogen functional groups attached to an aromatic ring is 2. The number of anilines is 3. The van der Waals surface area contributed by atoms with Crippen LogP contribution in [0.25, 0.3) is 11.2 Å². The molecule has 1 aliphatic heterocycles. The van der Waals surface area contributed by atoms with Crippen molar-refractivity contribution < 1.29 is 38.9 Å². The summed E-state index contributed by atoms with van der Waals surface area (Å²) < 4.78 is 18.9. The quantitative estimate of drug-likeness (QED) is 0.144. The predicted octanol–water partition coefficient (Wildman–Crippen LogP) is -0.683. The molecule has 1 fully saturated rings. The fraction of sp³-hybridized carbons (Fsp3) is 0.353. The summed E-state index contributed by atoms with van der Waals surface area (Å²) in [6, 6.07) is 3.33. The van der Waals surface area contributed by atoms with E-state index < -0.39 is 39.0 Å². The average molecular weight is 520 g/mol. The van der Waals surface area contributed by atoms with Crippen molar-refractivity contribution in [2.45, 2.75) is 31.1 Å². The number of ether oxygens (including phenoxy) is 1. The fourth-order valence-corrected chi connectivity index (χ4v) is 3.57. The van der Waals surface area contributed by atoms with Crippen molar-refractivity contribution in [2.75, 3.05) is 23.4 Å². The molecule has 1 aliphatic rings. The van der Waals surface area contributed by atoms with Crippen molar-refractivity contribution in [2.24, 2.45) is 0 Å². The van der Waals surface area contributed by atoms with Gasteiger partial charge in [0.05, 0.1) is 12.9 Å². The Morgan fingerprint density at radius 2 is 1.82 bits per heavy atom. The van der Waals surface area contributed by atoms with Crippen LogP contribution in [-0.2, 0) is 20.4 Å². The van der Waals surface area contributed by atoms with Gasteiger partial charge in [0.2, 0.25) is 0 Å². The van der Waals surface area contributed by atoms with Gasteiger partial charge in [-0.15, -0.1) is 0 Å². The lowest BCUT2D eigenvalue weighted by Gasteiger charge is -2.14. The van der Waals surface area contributed by atoms with Crippen LogP contribution in [0.15, 0.2) is 24.8 Å². The van der Waals surface area contributed by atoms with Gasteiger partial charge in [-0.1, -0.05) is 11.6 Å². The first kappa shape index (κ1) is 26.0. The van der Waals surface area contributed by atoms with E-state index in [1.807, 2.05) is 0 Å². The largest absolute Gasteiger partial charge is 0.469 e. The number of fused-ring (bicyclic) bond motifs is 1. The zero-order valence-electron chi connectivity index (χ0n) is 17.3. The van der Waals surface area contributed by atoms with E-state index in [1.165, 1.54) is 6.33 Å². The lowest BCUT2D eigenvalue weighted by molar-refractivity contribution is -0.132. The SMILES string of the molecule is Nc1cc(Cl)cc(N)c1CNc1ncnc2nc[nH]c12.O=P(O)(O)OC[C@H]1OC(O)[C@H](O)[C@@H]1O. The molecule has 4 atom stereocenters. The highest BCUT2D eigenvalue weighted by molar-refractivity contribution is 7.46. The highest BCUT2D eigenvalue weighted by Gasteiger charge is 2.42. The van der Waals surface area contributed by atoms with Crippen molar-refractivity contribution in [3.05, 3.63) is 35.4 Å². The number of hydrogen-bond acceptors (Lipinski definition) is 12. The zero-order valence-corrected chi connectivity index (χ0v) is 19.0. The van der Waals surface area contributed by atoms with Crippen molar-refractivity contribution >= 4 is 47.8 Å². The van der Waals surface area contributed by atoms with Gasteiger partial charge in [0.15, 0.2) is 17.8 Å². The first-order chi connectivity index (χ1) is 16.0. The van der Waals surface area contributed by atoms with Gasteiger partial charge in [-0.3, -0.25) is 4.52 Å². The normalized spacial score (nSPS) is 22.4. The Morgan fingerprint density at radius 3 is 2.41 bits per heavy atom. The lowest BCUT2D eigenvalue weighted by atomic mass is 10.1. The molecule has 1 aromatic carbocycles. The zero-order chi connectivity index (χ0) is 25.0. The van der Waals surface area contributed by atoms with E-state index in [9.17, 15) is 4.57 Å². The topological polar surface area (TPSA) is 255 Å². The number of imidazole rings is 1. The molecule has 11 N–H and O–H groups in total. The summed E-state index contributed by atoms with van der Waals surface area (Å²) >= 11 is 5.89. The van der Waals surface area contributed by atoms with Crippen molar-refractivity contribution in [3.63, 3.8) is 0 Å². The third kappa shape index (κ3) is 6.50. The second-order valence-electron chi connectivity index (χ2n) is 7.07. The Morgan fingerprint density at radius 1 is 1.15 bits per heavy atom.